The van der Waals surface area contributed by atoms with E-state index in [0.717, 1.165) is 36.8 Å². The molecule has 35 heavy (non-hydrogen) atoms. The molecule has 0 radical (unpaired) electrons. The summed E-state index contributed by atoms with van der Waals surface area (Å²) >= 11 is 0. The summed E-state index contributed by atoms with van der Waals surface area (Å²) in [5.74, 6) is -0.536. The molecule has 2 saturated carbocycles. The third-order valence-corrected chi connectivity index (χ3v) is 9.13. The van der Waals surface area contributed by atoms with E-state index in [9.17, 15) is 26.4 Å². The highest BCUT2D eigenvalue weighted by Crippen LogP contribution is 2.50. The number of ether oxygens (including phenoxy) is 2. The van der Waals surface area contributed by atoms with Gasteiger partial charge in [0.05, 0.1) is 34.8 Å². The summed E-state index contributed by atoms with van der Waals surface area (Å²) in [6, 6.07) is 12.4. The summed E-state index contributed by atoms with van der Waals surface area (Å²) in [5.41, 5.74) is 0.442. The summed E-state index contributed by atoms with van der Waals surface area (Å²) in [6.07, 6.45) is 2.95. The number of nitrogens with one attached hydrogen (secondary N) is 1. The van der Waals surface area contributed by atoms with Gasteiger partial charge >= 0.3 is 11.9 Å². The molecule has 0 aromatic heterocycles. The highest BCUT2D eigenvalue weighted by molar-refractivity contribution is 8.13. The van der Waals surface area contributed by atoms with Gasteiger partial charge in [0.25, 0.3) is 9.05 Å². The van der Waals surface area contributed by atoms with Crippen LogP contribution in [0.25, 0.3) is 0 Å². The van der Waals surface area contributed by atoms with E-state index in [1.807, 2.05) is 0 Å². The molecule has 0 bridgehead atoms. The van der Waals surface area contributed by atoms with E-state index in [1.54, 1.807) is 24.3 Å². The molecular weight excluding hydrogens is 518 g/mol. The molecular formula is C23H26ClNO8S2. The van der Waals surface area contributed by atoms with Crippen LogP contribution in [0, 0.1) is 0 Å². The maximum atomic E-state index is 11.7. The number of rotatable bonds is 7. The lowest BCUT2D eigenvalue weighted by atomic mass is 9.96. The number of carbonyl (C=O) groups excluding carboxylic acids is 2. The van der Waals surface area contributed by atoms with E-state index in [-0.39, 0.29) is 21.7 Å². The Morgan fingerprint density at radius 3 is 1.34 bits per heavy atom. The summed E-state index contributed by atoms with van der Waals surface area (Å²) in [5, 5.41) is 0. The van der Waals surface area contributed by atoms with Crippen LogP contribution in [-0.2, 0) is 49.0 Å². The van der Waals surface area contributed by atoms with E-state index < -0.39 is 29.9 Å². The fourth-order valence-corrected chi connectivity index (χ4v) is 5.37. The van der Waals surface area contributed by atoms with Crippen LogP contribution < -0.4 is 4.72 Å². The third-order valence-electron chi connectivity index (χ3n) is 6.33. The molecule has 1 N–H and O–H groups in total. The Morgan fingerprint density at radius 2 is 1.09 bits per heavy atom. The van der Waals surface area contributed by atoms with Crippen molar-refractivity contribution in [1.82, 2.24) is 4.72 Å². The molecule has 0 amide bonds. The Morgan fingerprint density at radius 1 is 0.743 bits per heavy atom. The maximum absolute atomic E-state index is 11.7. The van der Waals surface area contributed by atoms with Crippen molar-refractivity contribution >= 4 is 41.7 Å². The molecule has 0 spiro atoms. The number of halogens is 1. The van der Waals surface area contributed by atoms with Crippen LogP contribution in [0.2, 0.25) is 0 Å². The van der Waals surface area contributed by atoms with Gasteiger partial charge in [0, 0.05) is 10.7 Å². The van der Waals surface area contributed by atoms with Crippen molar-refractivity contribution in [2.45, 2.75) is 46.3 Å². The van der Waals surface area contributed by atoms with E-state index in [1.165, 1.54) is 45.5 Å². The Labute approximate surface area is 209 Å². The van der Waals surface area contributed by atoms with Gasteiger partial charge in [-0.25, -0.2) is 21.6 Å². The number of carbonyl (C=O) groups is 2. The summed E-state index contributed by atoms with van der Waals surface area (Å²) < 4.78 is 57.0. The van der Waals surface area contributed by atoms with Crippen molar-refractivity contribution in [3.8, 4) is 0 Å². The second-order valence-corrected chi connectivity index (χ2v) is 12.8. The predicted octanol–water partition coefficient (Wildman–Crippen LogP) is 2.62. The fourth-order valence-electron chi connectivity index (χ4n) is 3.87. The molecule has 0 aliphatic heterocycles. The van der Waals surface area contributed by atoms with E-state index in [0.29, 0.717) is 0 Å². The van der Waals surface area contributed by atoms with Gasteiger partial charge in [-0.15, -0.1) is 0 Å². The van der Waals surface area contributed by atoms with Crippen molar-refractivity contribution in [3.05, 3.63) is 59.7 Å². The molecule has 190 valence electrons. The highest BCUT2D eigenvalue weighted by Gasteiger charge is 2.53. The maximum Gasteiger partial charge on any atom is 0.316 e. The van der Waals surface area contributed by atoms with Crippen LogP contribution in [0.15, 0.2) is 58.3 Å². The van der Waals surface area contributed by atoms with Crippen molar-refractivity contribution in [1.29, 1.82) is 0 Å². The van der Waals surface area contributed by atoms with E-state index in [2.05, 4.69) is 4.72 Å². The molecule has 0 heterocycles. The lowest BCUT2D eigenvalue weighted by molar-refractivity contribution is -0.144. The van der Waals surface area contributed by atoms with Gasteiger partial charge in [0.1, 0.15) is 0 Å². The van der Waals surface area contributed by atoms with Gasteiger partial charge in [0.2, 0.25) is 10.0 Å². The number of methoxy groups -OCH3 is 2. The zero-order valence-electron chi connectivity index (χ0n) is 19.4. The largest absolute Gasteiger partial charge is 0.468 e. The van der Waals surface area contributed by atoms with Crippen LogP contribution in [-0.4, -0.2) is 50.0 Å². The smallest absolute Gasteiger partial charge is 0.316 e. The molecule has 9 nitrogen and oxygen atoms in total. The second kappa shape index (κ2) is 9.88. The SMILES string of the molecule is CNS(=O)(=O)c1ccc(C2(C(=O)OC)CC2)cc1.COC(=O)C1(c2ccc(S(=O)(=O)Cl)cc2)CC1. The van der Waals surface area contributed by atoms with Crippen LogP contribution in [0.4, 0.5) is 0 Å². The lowest BCUT2D eigenvalue weighted by Crippen LogP contribution is -2.22. The number of hydrogen-bond donors (Lipinski definition) is 1. The average Bonchev–Trinajstić information content (AvgIpc) is 3.77. The first-order valence-corrected chi connectivity index (χ1v) is 14.4. The van der Waals surface area contributed by atoms with Gasteiger partial charge in [-0.05, 0) is 68.1 Å². The molecule has 0 atom stereocenters. The summed E-state index contributed by atoms with van der Waals surface area (Å²) in [7, 11) is 2.14. The highest BCUT2D eigenvalue weighted by atomic mass is 35.7. The van der Waals surface area contributed by atoms with E-state index >= 15 is 0 Å². The zero-order valence-corrected chi connectivity index (χ0v) is 21.8. The van der Waals surface area contributed by atoms with Gasteiger partial charge in [-0.1, -0.05) is 24.3 Å². The number of hydrogen-bond acceptors (Lipinski definition) is 8. The van der Waals surface area contributed by atoms with Crippen LogP contribution >= 0.6 is 10.7 Å². The first-order valence-electron chi connectivity index (χ1n) is 10.6. The standard InChI is InChI=1S/C12H15NO4S.C11H11ClO4S/c1-13-18(15,16)10-5-3-9(4-6-10)12(7-8-12)11(14)17-2;1-16-10(13)11(6-7-11)8-2-4-9(5-3-8)17(12,14)15/h3-6,13H,7-8H2,1-2H3;2-5H,6-7H2,1H3. The first kappa shape index (κ1) is 27.1. The minimum atomic E-state index is -3.71. The van der Waals surface area contributed by atoms with Crippen molar-refractivity contribution in [2.75, 3.05) is 21.3 Å². The molecule has 0 saturated heterocycles. The van der Waals surface area contributed by atoms with Crippen molar-refractivity contribution in [2.24, 2.45) is 0 Å². The summed E-state index contributed by atoms with van der Waals surface area (Å²) in [4.78, 5) is 23.5. The molecule has 2 aliphatic carbocycles. The third kappa shape index (κ3) is 5.53. The molecule has 0 unspecified atom stereocenters. The Balaban J connectivity index is 0.000000196. The molecule has 2 fully saturated rings. The minimum absolute atomic E-state index is 0.0311. The van der Waals surface area contributed by atoms with Crippen molar-refractivity contribution in [3.63, 3.8) is 0 Å². The van der Waals surface area contributed by atoms with Crippen LogP contribution in [0.1, 0.15) is 36.8 Å². The van der Waals surface area contributed by atoms with E-state index in [4.69, 9.17) is 20.2 Å². The Bertz CT molecular complexity index is 1310. The topological polar surface area (TPSA) is 133 Å². The van der Waals surface area contributed by atoms with Gasteiger partial charge in [-0.2, -0.15) is 0 Å². The molecule has 2 aromatic rings. The lowest BCUT2D eigenvalue weighted by Gasteiger charge is -2.13. The molecule has 12 heteroatoms. The summed E-state index contributed by atoms with van der Waals surface area (Å²) in [6.45, 7) is 0. The van der Waals surface area contributed by atoms with Gasteiger partial charge < -0.3 is 9.47 Å². The minimum Gasteiger partial charge on any atom is -0.468 e. The first-order chi connectivity index (χ1) is 16.4. The predicted molar refractivity (Wildman–Crippen MR) is 128 cm³/mol. The molecule has 4 rings (SSSR count). The van der Waals surface area contributed by atoms with Crippen LogP contribution in [0.5, 0.6) is 0 Å². The number of benzene rings is 2. The number of esters is 2. The Hall–Kier alpha value is -2.47. The Kier molecular flexibility index (Phi) is 7.66. The average molecular weight is 544 g/mol. The van der Waals surface area contributed by atoms with Crippen LogP contribution in [0.3, 0.4) is 0 Å². The fraction of sp³-hybridized carbons (Fsp3) is 0.391. The molecule has 2 aromatic carbocycles. The molecule has 2 aliphatic rings. The van der Waals surface area contributed by atoms with Crippen molar-refractivity contribution < 1.29 is 35.9 Å². The quantitative estimate of drug-likeness (QED) is 0.416. The monoisotopic (exact) mass is 543 g/mol. The zero-order chi connectivity index (χ0) is 26.1. The normalized spacial score (nSPS) is 17.4. The van der Waals surface area contributed by atoms with Gasteiger partial charge in [0.15, 0.2) is 0 Å². The second-order valence-electron chi connectivity index (χ2n) is 8.34. The number of sulfonamides is 1. The van der Waals surface area contributed by atoms with Gasteiger partial charge in [-0.3, -0.25) is 9.59 Å².